The normalized spacial score (nSPS) is 20.9. The van der Waals surface area contributed by atoms with Crippen LogP contribution in [0.3, 0.4) is 0 Å². The lowest BCUT2D eigenvalue weighted by atomic mass is 9.89. The Kier molecular flexibility index (Phi) is 11.4. The topological polar surface area (TPSA) is 129 Å². The van der Waals surface area contributed by atoms with E-state index in [2.05, 4.69) is 45.5 Å². The van der Waals surface area contributed by atoms with Crippen LogP contribution >= 0.6 is 0 Å². The quantitative estimate of drug-likeness (QED) is 0.466. The highest BCUT2D eigenvalue weighted by Gasteiger charge is 2.43. The van der Waals surface area contributed by atoms with Gasteiger partial charge in [-0.3, -0.25) is 14.7 Å². The summed E-state index contributed by atoms with van der Waals surface area (Å²) in [6.45, 7) is 3.64. The molecule has 40 heavy (non-hydrogen) atoms. The van der Waals surface area contributed by atoms with Crippen LogP contribution in [-0.2, 0) is 20.9 Å². The lowest BCUT2D eigenvalue weighted by molar-refractivity contribution is -0.193. The molecule has 1 aromatic carbocycles. The van der Waals surface area contributed by atoms with Gasteiger partial charge in [-0.25, -0.2) is 9.59 Å². The maximum absolute atomic E-state index is 12.4. The second-order valence-corrected chi connectivity index (χ2v) is 8.98. The maximum atomic E-state index is 12.4. The third-order valence-electron chi connectivity index (χ3n) is 5.90. The molecule has 3 heterocycles. The van der Waals surface area contributed by atoms with Crippen LogP contribution in [0.4, 0.5) is 26.3 Å². The molecule has 1 spiro atoms. The van der Waals surface area contributed by atoms with E-state index in [1.807, 2.05) is 0 Å². The van der Waals surface area contributed by atoms with Crippen molar-refractivity contribution in [3.63, 3.8) is 0 Å². The highest BCUT2D eigenvalue weighted by atomic mass is 19.4. The van der Waals surface area contributed by atoms with Gasteiger partial charge in [-0.05, 0) is 37.0 Å². The van der Waals surface area contributed by atoms with Gasteiger partial charge < -0.3 is 20.3 Å². The van der Waals surface area contributed by atoms with Crippen LogP contribution in [-0.4, -0.2) is 81.6 Å². The van der Waals surface area contributed by atoms with Gasteiger partial charge in [0.1, 0.15) is 0 Å². The average molecular weight is 579 g/mol. The summed E-state index contributed by atoms with van der Waals surface area (Å²) in [7, 11) is 0. The van der Waals surface area contributed by atoms with Gasteiger partial charge in [-0.2, -0.15) is 26.3 Å². The van der Waals surface area contributed by atoms with Crippen LogP contribution in [0.2, 0.25) is 0 Å². The Labute approximate surface area is 224 Å². The van der Waals surface area contributed by atoms with Crippen LogP contribution in [0.1, 0.15) is 35.2 Å². The summed E-state index contributed by atoms with van der Waals surface area (Å²) in [5, 5.41) is 17.4. The number of benzene rings is 1. The van der Waals surface area contributed by atoms with Gasteiger partial charge in [-0.1, -0.05) is 30.3 Å². The van der Waals surface area contributed by atoms with Crippen molar-refractivity contribution in [3.05, 3.63) is 66.0 Å². The molecular formula is C25H27F6N3O6. The number of nitrogens with one attached hydrogen (secondary N) is 1. The van der Waals surface area contributed by atoms with Gasteiger partial charge in [0, 0.05) is 50.2 Å². The zero-order chi connectivity index (χ0) is 30.0. The minimum absolute atomic E-state index is 0.0198. The van der Waals surface area contributed by atoms with Crippen LogP contribution in [0.5, 0.6) is 0 Å². The number of carbonyl (C=O) groups excluding carboxylic acids is 1. The molecule has 2 aliphatic heterocycles. The number of nitrogens with zero attached hydrogens (tertiary/aromatic N) is 2. The van der Waals surface area contributed by atoms with Crippen molar-refractivity contribution < 1.29 is 55.7 Å². The zero-order valence-electron chi connectivity index (χ0n) is 20.9. The molecule has 15 heteroatoms. The number of pyridine rings is 1. The van der Waals surface area contributed by atoms with Gasteiger partial charge in [0.05, 0.1) is 5.60 Å². The number of halogens is 6. The Morgan fingerprint density at radius 3 is 2.05 bits per heavy atom. The lowest BCUT2D eigenvalue weighted by Crippen LogP contribution is -2.49. The first-order valence-corrected chi connectivity index (χ1v) is 11.8. The highest BCUT2D eigenvalue weighted by molar-refractivity contribution is 5.94. The number of ether oxygens (including phenoxy) is 1. The van der Waals surface area contributed by atoms with Gasteiger partial charge in [-0.15, -0.1) is 0 Å². The van der Waals surface area contributed by atoms with Crippen molar-refractivity contribution in [2.24, 2.45) is 0 Å². The third-order valence-corrected chi connectivity index (χ3v) is 5.90. The van der Waals surface area contributed by atoms with E-state index >= 15 is 0 Å². The van der Waals surface area contributed by atoms with Crippen LogP contribution < -0.4 is 5.32 Å². The summed E-state index contributed by atoms with van der Waals surface area (Å²) >= 11 is 0. The second kappa shape index (κ2) is 14.1. The summed E-state index contributed by atoms with van der Waals surface area (Å²) in [6.07, 6.45) is -4.08. The van der Waals surface area contributed by atoms with E-state index in [1.54, 1.807) is 24.5 Å². The van der Waals surface area contributed by atoms with E-state index < -0.39 is 24.3 Å². The Bertz CT molecular complexity index is 1090. The standard InChI is InChI=1S/C21H25N3O2.2C2HF3O2/c25-20(18-6-10-22-11-7-18)23-19-8-13-26-21(14-19)9-12-24(16-21)15-17-4-2-1-3-5-17;2*3-2(4,5)1(6)7/h1-7,10-11,19H,8-9,12-16H2,(H,23,25);2*(H,6,7)/t19-,21-;;/m1../s1. The van der Waals surface area contributed by atoms with Gasteiger partial charge in [0.15, 0.2) is 0 Å². The fourth-order valence-corrected chi connectivity index (χ4v) is 4.11. The van der Waals surface area contributed by atoms with Crippen molar-refractivity contribution >= 4 is 17.8 Å². The first-order chi connectivity index (χ1) is 18.6. The minimum atomic E-state index is -5.08. The van der Waals surface area contributed by atoms with Gasteiger partial charge >= 0.3 is 24.3 Å². The number of aromatic nitrogens is 1. The van der Waals surface area contributed by atoms with E-state index in [9.17, 15) is 31.1 Å². The molecule has 0 aliphatic carbocycles. The van der Waals surface area contributed by atoms with E-state index in [0.29, 0.717) is 12.2 Å². The molecule has 2 atom stereocenters. The second-order valence-electron chi connectivity index (χ2n) is 8.98. The number of likely N-dealkylation sites (tertiary alicyclic amines) is 1. The Balaban J connectivity index is 0.000000333. The highest BCUT2D eigenvalue weighted by Crippen LogP contribution is 2.35. The maximum Gasteiger partial charge on any atom is 0.490 e. The predicted molar refractivity (Wildman–Crippen MR) is 127 cm³/mol. The number of carboxylic acid groups (broad SMARTS) is 2. The molecule has 0 unspecified atom stereocenters. The number of hydrogen-bond donors (Lipinski definition) is 3. The minimum Gasteiger partial charge on any atom is -0.475 e. The van der Waals surface area contributed by atoms with Crippen LogP contribution in [0.25, 0.3) is 0 Å². The van der Waals surface area contributed by atoms with Crippen molar-refractivity contribution in [2.75, 3.05) is 19.7 Å². The van der Waals surface area contributed by atoms with E-state index in [4.69, 9.17) is 24.5 Å². The first-order valence-electron chi connectivity index (χ1n) is 11.8. The molecule has 2 aromatic rings. The number of amides is 1. The van der Waals surface area contributed by atoms with Crippen molar-refractivity contribution in [1.82, 2.24) is 15.2 Å². The zero-order valence-corrected chi connectivity index (χ0v) is 20.9. The molecule has 2 saturated heterocycles. The van der Waals surface area contributed by atoms with E-state index in [-0.39, 0.29) is 17.6 Å². The van der Waals surface area contributed by atoms with Crippen molar-refractivity contribution in [2.45, 2.75) is 49.8 Å². The Morgan fingerprint density at radius 2 is 1.52 bits per heavy atom. The lowest BCUT2D eigenvalue weighted by Gasteiger charge is -2.38. The monoisotopic (exact) mass is 579 g/mol. The SMILES string of the molecule is O=C(N[C@@H]1CCO[C@]2(CCN(Cc3ccccc3)C2)C1)c1ccncc1.O=C(O)C(F)(F)F.O=C(O)C(F)(F)F. The largest absolute Gasteiger partial charge is 0.490 e. The molecule has 2 fully saturated rings. The molecule has 3 N–H and O–H groups in total. The summed E-state index contributed by atoms with van der Waals surface area (Å²) in [4.78, 5) is 36.7. The Hall–Kier alpha value is -3.72. The summed E-state index contributed by atoms with van der Waals surface area (Å²) in [5.74, 6) is -5.53. The van der Waals surface area contributed by atoms with Gasteiger partial charge in [0.25, 0.3) is 5.91 Å². The molecule has 220 valence electrons. The summed E-state index contributed by atoms with van der Waals surface area (Å²) in [5.41, 5.74) is 1.88. The number of carboxylic acids is 2. The average Bonchev–Trinajstić information content (AvgIpc) is 3.25. The third kappa shape index (κ3) is 10.8. The fourth-order valence-electron chi connectivity index (χ4n) is 4.11. The summed E-state index contributed by atoms with van der Waals surface area (Å²) < 4.78 is 69.7. The molecule has 9 nitrogen and oxygen atoms in total. The number of hydrogen-bond acceptors (Lipinski definition) is 6. The van der Waals surface area contributed by atoms with Crippen LogP contribution in [0, 0.1) is 0 Å². The predicted octanol–water partition coefficient (Wildman–Crippen LogP) is 3.90. The number of alkyl halides is 6. The number of carbonyl (C=O) groups is 3. The van der Waals surface area contributed by atoms with Crippen LogP contribution in [0.15, 0.2) is 54.9 Å². The Morgan fingerprint density at radius 1 is 0.975 bits per heavy atom. The smallest absolute Gasteiger partial charge is 0.475 e. The molecule has 2 aliphatic rings. The van der Waals surface area contributed by atoms with E-state index in [0.717, 1.165) is 38.9 Å². The molecule has 1 aromatic heterocycles. The van der Waals surface area contributed by atoms with E-state index in [1.165, 1.54) is 5.56 Å². The summed E-state index contributed by atoms with van der Waals surface area (Å²) in [6, 6.07) is 14.2. The molecule has 1 amide bonds. The molecule has 4 rings (SSSR count). The number of aliphatic carboxylic acids is 2. The number of rotatable bonds is 4. The molecule has 0 bridgehead atoms. The molecular weight excluding hydrogens is 552 g/mol. The van der Waals surface area contributed by atoms with Crippen molar-refractivity contribution in [1.29, 1.82) is 0 Å². The first kappa shape index (κ1) is 32.5. The molecule has 0 saturated carbocycles. The van der Waals surface area contributed by atoms with Crippen molar-refractivity contribution in [3.8, 4) is 0 Å². The fraction of sp³-hybridized carbons (Fsp3) is 0.440. The molecule has 0 radical (unpaired) electrons. The van der Waals surface area contributed by atoms with Gasteiger partial charge in [0.2, 0.25) is 0 Å².